The molecule has 1 aliphatic carbocycles. The fourth-order valence-electron chi connectivity index (χ4n) is 2.92. The van der Waals surface area contributed by atoms with Gasteiger partial charge < -0.3 is 10.2 Å². The second-order valence-corrected chi connectivity index (χ2v) is 7.40. The molecule has 0 aromatic carbocycles. The van der Waals surface area contributed by atoms with Crippen molar-refractivity contribution >= 4 is 16.2 Å². The van der Waals surface area contributed by atoms with Crippen LogP contribution in [0.2, 0.25) is 0 Å². The van der Waals surface area contributed by atoms with Crippen molar-refractivity contribution in [3.05, 3.63) is 0 Å². The van der Waals surface area contributed by atoms with Gasteiger partial charge in [0.05, 0.1) is 12.0 Å². The number of aliphatic hydroxyl groups is 1. The van der Waals surface area contributed by atoms with Crippen LogP contribution in [-0.4, -0.2) is 54.6 Å². The Morgan fingerprint density at radius 1 is 1.25 bits per heavy atom. The van der Waals surface area contributed by atoms with Crippen molar-refractivity contribution in [1.29, 1.82) is 0 Å². The lowest BCUT2D eigenvalue weighted by Gasteiger charge is -2.30. The summed E-state index contributed by atoms with van der Waals surface area (Å²) in [4.78, 5) is 11.0. The second-order valence-electron chi connectivity index (χ2n) is 5.65. The fourth-order valence-corrected chi connectivity index (χ4v) is 4.27. The van der Waals surface area contributed by atoms with E-state index < -0.39 is 28.2 Å². The maximum atomic E-state index is 12.2. The summed E-state index contributed by atoms with van der Waals surface area (Å²) < 4.78 is 28.0. The quantitative estimate of drug-likeness (QED) is 0.651. The Labute approximate surface area is 119 Å². The summed E-state index contributed by atoms with van der Waals surface area (Å²) in [5.41, 5.74) is 0. The first-order valence-corrected chi connectivity index (χ1v) is 8.50. The van der Waals surface area contributed by atoms with Gasteiger partial charge in [-0.1, -0.05) is 6.42 Å². The molecule has 0 radical (unpaired) electrons. The summed E-state index contributed by atoms with van der Waals surface area (Å²) in [5, 5.41) is 18.7. The van der Waals surface area contributed by atoms with Gasteiger partial charge in [0.25, 0.3) is 10.2 Å². The third-order valence-electron chi connectivity index (χ3n) is 4.22. The van der Waals surface area contributed by atoms with Crippen molar-refractivity contribution in [1.82, 2.24) is 9.03 Å². The van der Waals surface area contributed by atoms with Crippen LogP contribution in [-0.2, 0) is 15.0 Å². The Kier molecular flexibility index (Phi) is 5.00. The number of piperidine rings is 1. The van der Waals surface area contributed by atoms with Crippen LogP contribution < -0.4 is 4.72 Å². The molecule has 1 saturated heterocycles. The highest BCUT2D eigenvalue weighted by Crippen LogP contribution is 2.25. The third-order valence-corrected chi connectivity index (χ3v) is 5.76. The molecule has 2 aliphatic rings. The number of carboxylic acid groups (broad SMARTS) is 1. The molecule has 116 valence electrons. The molecule has 1 heterocycles. The van der Waals surface area contributed by atoms with Crippen molar-refractivity contribution in [3.63, 3.8) is 0 Å². The molecule has 1 aliphatic heterocycles. The lowest BCUT2D eigenvalue weighted by molar-refractivity contribution is -0.142. The topological polar surface area (TPSA) is 107 Å². The fraction of sp³-hybridized carbons (Fsp3) is 0.917. The summed E-state index contributed by atoms with van der Waals surface area (Å²) in [6.45, 7) is 0.599. The molecular weight excluding hydrogens is 284 g/mol. The van der Waals surface area contributed by atoms with Crippen LogP contribution in [0.4, 0.5) is 0 Å². The smallest absolute Gasteiger partial charge is 0.307 e. The number of nitrogens with zero attached hydrogens (tertiary/aromatic N) is 1. The number of aliphatic carboxylic acids is 1. The van der Waals surface area contributed by atoms with Crippen LogP contribution >= 0.6 is 0 Å². The van der Waals surface area contributed by atoms with Crippen molar-refractivity contribution in [2.45, 2.75) is 38.2 Å². The number of rotatable bonds is 5. The molecule has 3 N–H and O–H groups in total. The van der Waals surface area contributed by atoms with E-state index in [0.29, 0.717) is 19.4 Å². The standard InChI is InChI=1S/C12H22N2O5S/c15-11-5-1-3-9(11)7-13-20(18,19)14-6-2-4-10(8-14)12(16)17/h9-11,13,15H,1-8H2,(H,16,17). The van der Waals surface area contributed by atoms with E-state index in [4.69, 9.17) is 5.11 Å². The van der Waals surface area contributed by atoms with Crippen molar-refractivity contribution < 1.29 is 23.4 Å². The molecule has 1 saturated carbocycles. The lowest BCUT2D eigenvalue weighted by atomic mass is 10.0. The van der Waals surface area contributed by atoms with Crippen LogP contribution in [0.3, 0.4) is 0 Å². The summed E-state index contributed by atoms with van der Waals surface area (Å²) in [6.07, 6.45) is 3.09. The highest BCUT2D eigenvalue weighted by atomic mass is 32.2. The monoisotopic (exact) mass is 306 g/mol. The highest BCUT2D eigenvalue weighted by Gasteiger charge is 2.33. The van der Waals surface area contributed by atoms with Crippen molar-refractivity contribution in [3.8, 4) is 0 Å². The van der Waals surface area contributed by atoms with E-state index in [2.05, 4.69) is 4.72 Å². The van der Waals surface area contributed by atoms with E-state index in [9.17, 15) is 18.3 Å². The lowest BCUT2D eigenvalue weighted by Crippen LogP contribution is -2.48. The average molecular weight is 306 g/mol. The van der Waals surface area contributed by atoms with Gasteiger partial charge in [0.2, 0.25) is 0 Å². The molecule has 8 heteroatoms. The Balaban J connectivity index is 1.90. The molecule has 2 fully saturated rings. The maximum Gasteiger partial charge on any atom is 0.307 e. The van der Waals surface area contributed by atoms with Crippen LogP contribution in [0.15, 0.2) is 0 Å². The molecule has 2 rings (SSSR count). The van der Waals surface area contributed by atoms with Gasteiger partial charge in [-0.05, 0) is 31.6 Å². The maximum absolute atomic E-state index is 12.2. The van der Waals surface area contributed by atoms with Crippen LogP contribution in [0.1, 0.15) is 32.1 Å². The number of carbonyl (C=O) groups is 1. The van der Waals surface area contributed by atoms with Crippen LogP contribution in [0.25, 0.3) is 0 Å². The molecule has 3 atom stereocenters. The van der Waals surface area contributed by atoms with E-state index in [0.717, 1.165) is 19.3 Å². The van der Waals surface area contributed by atoms with Gasteiger partial charge in [-0.3, -0.25) is 4.79 Å². The average Bonchev–Trinajstić information content (AvgIpc) is 2.82. The Hall–Kier alpha value is -0.700. The highest BCUT2D eigenvalue weighted by molar-refractivity contribution is 7.87. The molecule has 20 heavy (non-hydrogen) atoms. The van der Waals surface area contributed by atoms with E-state index in [1.165, 1.54) is 4.31 Å². The van der Waals surface area contributed by atoms with E-state index in [1.807, 2.05) is 0 Å². The molecule has 3 unspecified atom stereocenters. The first-order chi connectivity index (χ1) is 9.40. The molecule has 0 bridgehead atoms. The van der Waals surface area contributed by atoms with Crippen LogP contribution in [0, 0.1) is 11.8 Å². The minimum Gasteiger partial charge on any atom is -0.481 e. The van der Waals surface area contributed by atoms with Gasteiger partial charge >= 0.3 is 5.97 Å². The van der Waals surface area contributed by atoms with Gasteiger partial charge in [0.1, 0.15) is 0 Å². The molecular formula is C12H22N2O5S. The van der Waals surface area contributed by atoms with E-state index in [1.54, 1.807) is 0 Å². The number of hydrogen-bond donors (Lipinski definition) is 3. The van der Waals surface area contributed by atoms with Gasteiger partial charge in [-0.2, -0.15) is 12.7 Å². The van der Waals surface area contributed by atoms with Crippen molar-refractivity contribution in [2.24, 2.45) is 11.8 Å². The van der Waals surface area contributed by atoms with Gasteiger partial charge in [0.15, 0.2) is 0 Å². The van der Waals surface area contributed by atoms with E-state index in [-0.39, 0.29) is 19.0 Å². The van der Waals surface area contributed by atoms with E-state index >= 15 is 0 Å². The molecule has 0 spiro atoms. The first-order valence-electron chi connectivity index (χ1n) is 7.06. The largest absolute Gasteiger partial charge is 0.481 e. The van der Waals surface area contributed by atoms with Gasteiger partial charge in [-0.25, -0.2) is 4.72 Å². The third kappa shape index (κ3) is 3.69. The Morgan fingerprint density at radius 3 is 2.60 bits per heavy atom. The molecule has 7 nitrogen and oxygen atoms in total. The second kappa shape index (κ2) is 6.38. The van der Waals surface area contributed by atoms with Gasteiger partial charge in [-0.15, -0.1) is 0 Å². The minimum absolute atomic E-state index is 0.0257. The number of nitrogens with one attached hydrogen (secondary N) is 1. The zero-order valence-electron chi connectivity index (χ0n) is 11.4. The molecule has 0 amide bonds. The normalized spacial score (nSPS) is 32.4. The summed E-state index contributed by atoms with van der Waals surface area (Å²) >= 11 is 0. The minimum atomic E-state index is -3.65. The predicted octanol–water partition coefficient (Wildman–Crippen LogP) is -0.222. The zero-order chi connectivity index (χ0) is 14.8. The summed E-state index contributed by atoms with van der Waals surface area (Å²) in [5.74, 6) is -1.61. The Bertz CT molecular complexity index is 453. The zero-order valence-corrected chi connectivity index (χ0v) is 12.2. The predicted molar refractivity (Wildman–Crippen MR) is 72.2 cm³/mol. The number of hydrogen-bond acceptors (Lipinski definition) is 4. The van der Waals surface area contributed by atoms with Gasteiger partial charge in [0, 0.05) is 19.6 Å². The first kappa shape index (κ1) is 15.7. The van der Waals surface area contributed by atoms with Crippen LogP contribution in [0.5, 0.6) is 0 Å². The summed E-state index contributed by atoms with van der Waals surface area (Å²) in [7, 11) is -3.65. The summed E-state index contributed by atoms with van der Waals surface area (Å²) in [6, 6.07) is 0. The SMILES string of the molecule is O=C(O)C1CCCN(S(=O)(=O)NCC2CCCC2O)C1. The molecule has 0 aromatic rings. The number of aliphatic hydroxyl groups excluding tert-OH is 1. The molecule has 0 aromatic heterocycles. The van der Waals surface area contributed by atoms with Crippen molar-refractivity contribution in [2.75, 3.05) is 19.6 Å². The number of carboxylic acids is 1. The Morgan fingerprint density at radius 2 is 2.00 bits per heavy atom.